The zero-order valence-electron chi connectivity index (χ0n) is 11.3. The maximum Gasteiger partial charge on any atom is 0.242 e. The summed E-state index contributed by atoms with van der Waals surface area (Å²) in [6, 6.07) is 6.42. The van der Waals surface area contributed by atoms with Crippen LogP contribution in [0.2, 0.25) is 0 Å². The van der Waals surface area contributed by atoms with Crippen LogP contribution in [-0.4, -0.2) is 43.5 Å². The van der Waals surface area contributed by atoms with Crippen LogP contribution in [-0.2, 0) is 4.79 Å². The monoisotopic (exact) mass is 247 g/mol. The van der Waals surface area contributed by atoms with E-state index in [1.54, 1.807) is 4.90 Å². The summed E-state index contributed by atoms with van der Waals surface area (Å²) in [6.45, 7) is 5.94. The number of rotatable bonds is 2. The van der Waals surface area contributed by atoms with E-state index in [0.717, 1.165) is 12.2 Å². The Labute approximate surface area is 108 Å². The summed E-state index contributed by atoms with van der Waals surface area (Å²) in [5.74, 6) is 0.134. The Hall–Kier alpha value is -1.55. The highest BCUT2D eigenvalue weighted by Gasteiger charge is 2.29. The molecule has 18 heavy (non-hydrogen) atoms. The van der Waals surface area contributed by atoms with Gasteiger partial charge in [0, 0.05) is 25.8 Å². The molecule has 0 saturated carbocycles. The number of hydrogen-bond acceptors (Lipinski definition) is 3. The number of piperazine rings is 1. The van der Waals surface area contributed by atoms with Gasteiger partial charge in [-0.05, 0) is 37.1 Å². The van der Waals surface area contributed by atoms with Crippen molar-refractivity contribution >= 4 is 11.6 Å². The summed E-state index contributed by atoms with van der Waals surface area (Å²) in [5.41, 5.74) is 9.36. The number of anilines is 1. The van der Waals surface area contributed by atoms with Crippen molar-refractivity contribution in [2.45, 2.75) is 19.9 Å². The molecule has 0 radical (unpaired) electrons. The van der Waals surface area contributed by atoms with Crippen LogP contribution >= 0.6 is 0 Å². The molecule has 2 rings (SSSR count). The molecule has 1 aromatic carbocycles. The Morgan fingerprint density at radius 3 is 2.67 bits per heavy atom. The quantitative estimate of drug-likeness (QED) is 0.845. The Morgan fingerprint density at radius 1 is 1.33 bits per heavy atom. The molecule has 0 aliphatic carbocycles. The van der Waals surface area contributed by atoms with E-state index < -0.39 is 0 Å². The van der Waals surface area contributed by atoms with Gasteiger partial charge < -0.3 is 15.5 Å². The van der Waals surface area contributed by atoms with Gasteiger partial charge in [0.25, 0.3) is 0 Å². The zero-order chi connectivity index (χ0) is 13.3. The second-order valence-electron chi connectivity index (χ2n) is 5.04. The number of aryl methyl sites for hydroxylation is 2. The Bertz CT molecular complexity index is 458. The van der Waals surface area contributed by atoms with Gasteiger partial charge >= 0.3 is 0 Å². The van der Waals surface area contributed by atoms with Crippen LogP contribution in [0.5, 0.6) is 0 Å². The average Bonchev–Trinajstić information content (AvgIpc) is 2.36. The van der Waals surface area contributed by atoms with Crippen LogP contribution in [0.1, 0.15) is 11.1 Å². The van der Waals surface area contributed by atoms with Crippen molar-refractivity contribution in [3.63, 3.8) is 0 Å². The van der Waals surface area contributed by atoms with E-state index in [1.165, 1.54) is 11.1 Å². The number of hydrogen-bond donors (Lipinski definition) is 1. The molecule has 0 bridgehead atoms. The number of likely N-dealkylation sites (N-methyl/N-ethyl adjacent to an activating group) is 1. The van der Waals surface area contributed by atoms with Gasteiger partial charge in [0.2, 0.25) is 5.91 Å². The van der Waals surface area contributed by atoms with E-state index in [0.29, 0.717) is 13.1 Å². The molecule has 0 aromatic heterocycles. The van der Waals surface area contributed by atoms with Crippen molar-refractivity contribution in [3.05, 3.63) is 29.3 Å². The second kappa shape index (κ2) is 4.98. The van der Waals surface area contributed by atoms with Crippen LogP contribution in [0.4, 0.5) is 5.69 Å². The number of amides is 1. The largest absolute Gasteiger partial charge is 0.360 e. The minimum atomic E-state index is 0.104. The zero-order valence-corrected chi connectivity index (χ0v) is 11.3. The Morgan fingerprint density at radius 2 is 2.06 bits per heavy atom. The van der Waals surface area contributed by atoms with Crippen LogP contribution in [0.15, 0.2) is 18.2 Å². The molecule has 1 aliphatic heterocycles. The topological polar surface area (TPSA) is 49.6 Å². The van der Waals surface area contributed by atoms with Crippen molar-refractivity contribution in [3.8, 4) is 0 Å². The van der Waals surface area contributed by atoms with Crippen molar-refractivity contribution in [1.82, 2.24) is 4.90 Å². The number of carbonyl (C=O) groups excluding carboxylic acids is 1. The van der Waals surface area contributed by atoms with Crippen molar-refractivity contribution in [2.24, 2.45) is 5.73 Å². The Kier molecular flexibility index (Phi) is 3.57. The molecule has 4 nitrogen and oxygen atoms in total. The summed E-state index contributed by atoms with van der Waals surface area (Å²) in [7, 11) is 1.83. The van der Waals surface area contributed by atoms with Gasteiger partial charge in [-0.3, -0.25) is 4.79 Å². The van der Waals surface area contributed by atoms with Crippen molar-refractivity contribution in [2.75, 3.05) is 31.6 Å². The van der Waals surface area contributed by atoms with E-state index in [9.17, 15) is 4.79 Å². The fourth-order valence-electron chi connectivity index (χ4n) is 2.27. The lowest BCUT2D eigenvalue weighted by atomic mass is 10.1. The standard InChI is InChI=1S/C14H21N3O/c1-10-4-5-12(6-11(10)2)17-8-13(7-15)16(3)14(18)9-17/h4-6,13H,7-9,15H2,1-3H3. The highest BCUT2D eigenvalue weighted by molar-refractivity contribution is 5.83. The summed E-state index contributed by atoms with van der Waals surface area (Å²) in [5, 5.41) is 0. The molecule has 1 atom stereocenters. The molecular weight excluding hydrogens is 226 g/mol. The predicted molar refractivity (Wildman–Crippen MR) is 73.7 cm³/mol. The highest BCUT2D eigenvalue weighted by atomic mass is 16.2. The summed E-state index contributed by atoms with van der Waals surface area (Å²) < 4.78 is 0. The third-order valence-corrected chi connectivity index (χ3v) is 3.83. The van der Waals surface area contributed by atoms with E-state index in [4.69, 9.17) is 5.73 Å². The molecule has 1 unspecified atom stereocenters. The third kappa shape index (κ3) is 2.34. The summed E-state index contributed by atoms with van der Waals surface area (Å²) in [6.07, 6.45) is 0. The van der Waals surface area contributed by atoms with Crippen LogP contribution in [0.3, 0.4) is 0 Å². The molecular formula is C14H21N3O. The fraction of sp³-hybridized carbons (Fsp3) is 0.500. The van der Waals surface area contributed by atoms with Gasteiger partial charge in [-0.1, -0.05) is 6.07 Å². The van der Waals surface area contributed by atoms with Crippen molar-refractivity contribution < 1.29 is 4.79 Å². The lowest BCUT2D eigenvalue weighted by Crippen LogP contribution is -2.57. The maximum atomic E-state index is 11.9. The summed E-state index contributed by atoms with van der Waals surface area (Å²) in [4.78, 5) is 15.8. The van der Waals surface area contributed by atoms with Gasteiger partial charge in [0.05, 0.1) is 12.6 Å². The predicted octanol–water partition coefficient (Wildman–Crippen LogP) is 0.909. The van der Waals surface area contributed by atoms with Gasteiger partial charge in [0.1, 0.15) is 0 Å². The van der Waals surface area contributed by atoms with E-state index in [2.05, 4.69) is 36.9 Å². The molecule has 1 saturated heterocycles. The van der Waals surface area contributed by atoms with Crippen LogP contribution < -0.4 is 10.6 Å². The normalized spacial score (nSPS) is 20.4. The maximum absolute atomic E-state index is 11.9. The minimum absolute atomic E-state index is 0.104. The number of nitrogens with zero attached hydrogens (tertiary/aromatic N) is 2. The fourth-order valence-corrected chi connectivity index (χ4v) is 2.27. The summed E-state index contributed by atoms with van der Waals surface area (Å²) >= 11 is 0. The molecule has 1 aromatic rings. The lowest BCUT2D eigenvalue weighted by Gasteiger charge is -2.39. The first-order valence-electron chi connectivity index (χ1n) is 6.31. The lowest BCUT2D eigenvalue weighted by molar-refractivity contribution is -0.131. The SMILES string of the molecule is Cc1ccc(N2CC(=O)N(C)C(CN)C2)cc1C. The van der Waals surface area contributed by atoms with E-state index in [1.807, 2.05) is 7.05 Å². The van der Waals surface area contributed by atoms with Crippen LogP contribution in [0.25, 0.3) is 0 Å². The molecule has 98 valence electrons. The third-order valence-electron chi connectivity index (χ3n) is 3.83. The number of carbonyl (C=O) groups is 1. The molecule has 0 spiro atoms. The smallest absolute Gasteiger partial charge is 0.242 e. The highest BCUT2D eigenvalue weighted by Crippen LogP contribution is 2.21. The van der Waals surface area contributed by atoms with E-state index >= 15 is 0 Å². The van der Waals surface area contributed by atoms with E-state index in [-0.39, 0.29) is 11.9 Å². The molecule has 1 fully saturated rings. The van der Waals surface area contributed by atoms with Gasteiger partial charge in [0.15, 0.2) is 0 Å². The van der Waals surface area contributed by atoms with Gasteiger partial charge in [-0.15, -0.1) is 0 Å². The molecule has 1 heterocycles. The molecule has 4 heteroatoms. The second-order valence-corrected chi connectivity index (χ2v) is 5.04. The first kappa shape index (κ1) is 12.9. The Balaban J connectivity index is 2.23. The minimum Gasteiger partial charge on any atom is -0.360 e. The van der Waals surface area contributed by atoms with Gasteiger partial charge in [-0.2, -0.15) is 0 Å². The molecule has 2 N–H and O–H groups in total. The van der Waals surface area contributed by atoms with Gasteiger partial charge in [-0.25, -0.2) is 0 Å². The first-order chi connectivity index (χ1) is 8.52. The molecule has 1 amide bonds. The number of benzene rings is 1. The number of nitrogens with two attached hydrogens (primary N) is 1. The van der Waals surface area contributed by atoms with Crippen LogP contribution in [0, 0.1) is 13.8 Å². The average molecular weight is 247 g/mol. The first-order valence-corrected chi connectivity index (χ1v) is 6.31. The molecule has 1 aliphatic rings. The van der Waals surface area contributed by atoms with Crippen molar-refractivity contribution in [1.29, 1.82) is 0 Å².